The molecule has 1 N–H and O–H groups in total. The Labute approximate surface area is 205 Å². The minimum absolute atomic E-state index is 0.0198. The summed E-state index contributed by atoms with van der Waals surface area (Å²) in [7, 11) is 0. The van der Waals surface area contributed by atoms with Crippen molar-refractivity contribution >= 4 is 34.4 Å². The third-order valence-corrected chi connectivity index (χ3v) is 6.52. The van der Waals surface area contributed by atoms with Crippen molar-refractivity contribution in [1.82, 2.24) is 14.9 Å². The zero-order chi connectivity index (χ0) is 24.7. The average Bonchev–Trinajstić information content (AvgIpc) is 2.81. The van der Waals surface area contributed by atoms with E-state index in [2.05, 4.69) is 33.0 Å². The number of carbonyl (C=O) groups is 2. The molecule has 1 amide bonds. The van der Waals surface area contributed by atoms with Gasteiger partial charge in [0.1, 0.15) is 0 Å². The van der Waals surface area contributed by atoms with E-state index in [1.807, 2.05) is 18.2 Å². The largest absolute Gasteiger partial charge is 0.352 e. The number of hydrogen-bond donors (Lipinski definition) is 1. The number of ketones is 1. The lowest BCUT2D eigenvalue weighted by Gasteiger charge is -2.14. The topological polar surface area (TPSA) is 81.1 Å². The van der Waals surface area contributed by atoms with Crippen LogP contribution < -0.4 is 10.9 Å². The minimum Gasteiger partial charge on any atom is -0.352 e. The van der Waals surface area contributed by atoms with Crippen LogP contribution in [0.4, 0.5) is 0 Å². The van der Waals surface area contributed by atoms with Gasteiger partial charge < -0.3 is 5.32 Å². The lowest BCUT2D eigenvalue weighted by Crippen LogP contribution is -2.26. The second-order valence-corrected chi connectivity index (χ2v) is 10.2. The summed E-state index contributed by atoms with van der Waals surface area (Å²) in [5.74, 6) is 0.902. The van der Waals surface area contributed by atoms with Crippen LogP contribution in [-0.2, 0) is 6.54 Å². The molecule has 3 rings (SSSR count). The Hall–Kier alpha value is -2.93. The summed E-state index contributed by atoms with van der Waals surface area (Å²) in [4.78, 5) is 43.3. The minimum atomic E-state index is -0.179. The fourth-order valence-corrected chi connectivity index (χ4v) is 4.37. The van der Waals surface area contributed by atoms with Crippen molar-refractivity contribution < 1.29 is 9.59 Å². The summed E-state index contributed by atoms with van der Waals surface area (Å²) >= 11 is 1.26. The van der Waals surface area contributed by atoms with Gasteiger partial charge in [0.25, 0.3) is 11.5 Å². The van der Waals surface area contributed by atoms with Crippen LogP contribution in [-0.4, -0.2) is 33.5 Å². The Morgan fingerprint density at radius 3 is 2.35 bits per heavy atom. The molecule has 0 aliphatic heterocycles. The summed E-state index contributed by atoms with van der Waals surface area (Å²) in [6, 6.07) is 14.1. The molecule has 0 aliphatic carbocycles. The smallest absolute Gasteiger partial charge is 0.262 e. The maximum absolute atomic E-state index is 13.3. The van der Waals surface area contributed by atoms with Crippen molar-refractivity contribution in [2.75, 3.05) is 12.3 Å². The predicted molar refractivity (Wildman–Crippen MR) is 139 cm³/mol. The van der Waals surface area contributed by atoms with Crippen LogP contribution >= 0.6 is 11.8 Å². The van der Waals surface area contributed by atoms with E-state index >= 15 is 0 Å². The van der Waals surface area contributed by atoms with Crippen molar-refractivity contribution in [1.29, 1.82) is 0 Å². The van der Waals surface area contributed by atoms with Gasteiger partial charge in [-0.1, -0.05) is 69.8 Å². The van der Waals surface area contributed by atoms with E-state index in [1.165, 1.54) is 11.8 Å². The standard InChI is InChI=1S/C27H33N3O3S/c1-18(2)12-14-28-25(32)21-10-11-22-23(16-21)29-27(30(26(22)33)15-13-19(3)4)34-17-24(31)20-8-6-5-7-9-20/h5-11,16,18-19H,12-15,17H2,1-4H3,(H,28,32). The van der Waals surface area contributed by atoms with Gasteiger partial charge in [0.05, 0.1) is 16.7 Å². The van der Waals surface area contributed by atoms with Crippen molar-refractivity contribution in [3.8, 4) is 0 Å². The van der Waals surface area contributed by atoms with E-state index in [4.69, 9.17) is 4.98 Å². The number of Topliss-reactive ketones (excluding diaryl/α,β-unsaturated/α-hetero) is 1. The number of carbonyl (C=O) groups excluding carboxylic acids is 2. The van der Waals surface area contributed by atoms with Gasteiger partial charge in [0.2, 0.25) is 0 Å². The van der Waals surface area contributed by atoms with Gasteiger partial charge in [0, 0.05) is 24.2 Å². The number of amides is 1. The molecule has 0 saturated carbocycles. The monoisotopic (exact) mass is 479 g/mol. The van der Waals surface area contributed by atoms with Crippen molar-refractivity contribution in [2.24, 2.45) is 11.8 Å². The van der Waals surface area contributed by atoms with E-state index in [0.717, 1.165) is 12.8 Å². The molecule has 0 unspecified atom stereocenters. The van der Waals surface area contributed by atoms with Crippen molar-refractivity contribution in [3.63, 3.8) is 0 Å². The molecule has 0 fully saturated rings. The van der Waals surface area contributed by atoms with Crippen LogP contribution in [0.15, 0.2) is 58.5 Å². The second-order valence-electron chi connectivity index (χ2n) is 9.28. The fraction of sp³-hybridized carbons (Fsp3) is 0.407. The van der Waals surface area contributed by atoms with Crippen molar-refractivity contribution in [2.45, 2.75) is 52.2 Å². The quantitative estimate of drug-likeness (QED) is 0.232. The first-order chi connectivity index (χ1) is 16.3. The van der Waals surface area contributed by atoms with Crippen LogP contribution in [0.3, 0.4) is 0 Å². The lowest BCUT2D eigenvalue weighted by atomic mass is 10.1. The molecule has 3 aromatic rings. The molecule has 0 radical (unpaired) electrons. The molecule has 0 saturated heterocycles. The Morgan fingerprint density at radius 1 is 0.971 bits per heavy atom. The van der Waals surface area contributed by atoms with Crippen LogP contribution in [0.5, 0.6) is 0 Å². The zero-order valence-electron chi connectivity index (χ0n) is 20.3. The number of rotatable bonds is 11. The fourth-order valence-electron chi connectivity index (χ4n) is 3.45. The van der Waals surface area contributed by atoms with Gasteiger partial charge in [-0.3, -0.25) is 19.0 Å². The summed E-state index contributed by atoms with van der Waals surface area (Å²) in [6.45, 7) is 9.56. The first-order valence-corrected chi connectivity index (χ1v) is 12.8. The third-order valence-electron chi connectivity index (χ3n) is 5.55. The molecule has 7 heteroatoms. The van der Waals surface area contributed by atoms with E-state index in [9.17, 15) is 14.4 Å². The van der Waals surface area contributed by atoms with Crippen molar-refractivity contribution in [3.05, 3.63) is 70.0 Å². The highest BCUT2D eigenvalue weighted by Crippen LogP contribution is 2.21. The number of benzene rings is 2. The Bertz CT molecular complexity index is 1200. The predicted octanol–water partition coefficient (Wildman–Crippen LogP) is 5.19. The molecular weight excluding hydrogens is 446 g/mol. The molecule has 2 aromatic carbocycles. The molecule has 1 heterocycles. The summed E-state index contributed by atoms with van der Waals surface area (Å²) in [6.07, 6.45) is 1.72. The Balaban J connectivity index is 1.91. The highest BCUT2D eigenvalue weighted by atomic mass is 32.2. The number of nitrogens with one attached hydrogen (secondary N) is 1. The number of fused-ring (bicyclic) bond motifs is 1. The van der Waals surface area contributed by atoms with Gasteiger partial charge in [-0.15, -0.1) is 0 Å². The lowest BCUT2D eigenvalue weighted by molar-refractivity contribution is 0.0951. The van der Waals surface area contributed by atoms with E-state index < -0.39 is 0 Å². The van der Waals surface area contributed by atoms with E-state index in [1.54, 1.807) is 34.9 Å². The van der Waals surface area contributed by atoms with Gasteiger partial charge in [-0.05, 0) is 42.9 Å². The van der Waals surface area contributed by atoms with E-state index in [0.29, 0.717) is 52.1 Å². The average molecular weight is 480 g/mol. The van der Waals surface area contributed by atoms with Gasteiger partial charge in [-0.2, -0.15) is 0 Å². The molecule has 6 nitrogen and oxygen atoms in total. The summed E-state index contributed by atoms with van der Waals surface area (Å²) < 4.78 is 1.66. The maximum atomic E-state index is 13.3. The second kappa shape index (κ2) is 12.0. The van der Waals surface area contributed by atoms with Crippen LogP contribution in [0.25, 0.3) is 10.9 Å². The molecular formula is C27H33N3O3S. The summed E-state index contributed by atoms with van der Waals surface area (Å²) in [5, 5.41) is 3.90. The van der Waals surface area contributed by atoms with Crippen LogP contribution in [0.2, 0.25) is 0 Å². The number of aromatic nitrogens is 2. The zero-order valence-corrected chi connectivity index (χ0v) is 21.2. The molecule has 0 bridgehead atoms. The first-order valence-electron chi connectivity index (χ1n) is 11.8. The molecule has 0 aliphatic rings. The molecule has 180 valence electrons. The van der Waals surface area contributed by atoms with Gasteiger partial charge >= 0.3 is 0 Å². The maximum Gasteiger partial charge on any atom is 0.262 e. The molecule has 1 aromatic heterocycles. The van der Waals surface area contributed by atoms with Gasteiger partial charge in [0.15, 0.2) is 10.9 Å². The number of hydrogen-bond acceptors (Lipinski definition) is 5. The molecule has 0 atom stereocenters. The van der Waals surface area contributed by atoms with Crippen LogP contribution in [0, 0.1) is 11.8 Å². The Morgan fingerprint density at radius 2 is 1.68 bits per heavy atom. The van der Waals surface area contributed by atoms with E-state index in [-0.39, 0.29) is 23.0 Å². The van der Waals surface area contributed by atoms with Crippen LogP contribution in [0.1, 0.15) is 61.3 Å². The molecule has 34 heavy (non-hydrogen) atoms. The first kappa shape index (κ1) is 25.7. The Kier molecular flexibility index (Phi) is 9.05. The SMILES string of the molecule is CC(C)CCNC(=O)c1ccc2c(=O)n(CCC(C)C)c(SCC(=O)c3ccccc3)nc2c1. The number of thioether (sulfide) groups is 1. The highest BCUT2D eigenvalue weighted by Gasteiger charge is 2.16. The number of nitrogens with zero attached hydrogens (tertiary/aromatic N) is 2. The molecule has 0 spiro atoms. The van der Waals surface area contributed by atoms with Gasteiger partial charge in [-0.25, -0.2) is 4.98 Å². The normalized spacial score (nSPS) is 11.4. The summed E-state index contributed by atoms with van der Waals surface area (Å²) in [5.41, 5.74) is 1.43. The highest BCUT2D eigenvalue weighted by molar-refractivity contribution is 7.99. The third kappa shape index (κ3) is 6.79.